The highest BCUT2D eigenvalue weighted by Gasteiger charge is 2.37. The lowest BCUT2D eigenvalue weighted by Crippen LogP contribution is -2.25. The van der Waals surface area contributed by atoms with Crippen molar-refractivity contribution in [3.63, 3.8) is 0 Å². The number of fused-ring (bicyclic) bond motifs is 4. The second-order valence-corrected chi connectivity index (χ2v) is 13.8. The van der Waals surface area contributed by atoms with Gasteiger partial charge in [0.2, 0.25) is 0 Å². The quantitative estimate of drug-likeness (QED) is 0.282. The van der Waals surface area contributed by atoms with Crippen LogP contribution in [0.15, 0.2) is 18.2 Å². The van der Waals surface area contributed by atoms with Crippen LogP contribution in [-0.4, -0.2) is 0 Å². The lowest BCUT2D eigenvalue weighted by molar-refractivity contribution is 0.164. The van der Waals surface area contributed by atoms with Crippen molar-refractivity contribution in [1.82, 2.24) is 0 Å². The average molecular weight is 537 g/mol. The van der Waals surface area contributed by atoms with Crippen molar-refractivity contribution in [2.24, 2.45) is 29.6 Å². The Bertz CT molecular complexity index is 1160. The van der Waals surface area contributed by atoms with E-state index in [9.17, 15) is 0 Å². The van der Waals surface area contributed by atoms with Gasteiger partial charge in [-0.3, -0.25) is 0 Å². The number of benzene rings is 2. The fourth-order valence-corrected chi connectivity index (χ4v) is 8.85. The van der Waals surface area contributed by atoms with E-state index < -0.39 is 11.6 Å². The summed E-state index contributed by atoms with van der Waals surface area (Å²) in [6.07, 6.45) is 18.8. The Morgan fingerprint density at radius 1 is 0.641 bits per heavy atom. The standard InChI is InChI=1S/C36H47F3/c1-3-4-23-7-9-24(10-8-23)11-14-28-19-20-29-31-21-30(35(38)36(39)33(31)32(29)34(28)37)27-17-15-26(16-18-27)25-12-5-22(2)6-13-25/h19-27H,3-18H2,1-2H3. The van der Waals surface area contributed by atoms with Crippen molar-refractivity contribution in [3.05, 3.63) is 46.8 Å². The zero-order valence-electron chi connectivity index (χ0n) is 24.1. The Morgan fingerprint density at radius 3 is 1.87 bits per heavy atom. The van der Waals surface area contributed by atoms with Gasteiger partial charge in [-0.1, -0.05) is 77.3 Å². The van der Waals surface area contributed by atoms with Gasteiger partial charge >= 0.3 is 0 Å². The molecule has 0 atom stereocenters. The van der Waals surface area contributed by atoms with Crippen molar-refractivity contribution in [3.8, 4) is 22.3 Å². The Balaban J connectivity index is 1.12. The molecule has 0 nitrogen and oxygen atoms in total. The monoisotopic (exact) mass is 536 g/mol. The first-order chi connectivity index (χ1) is 18.9. The van der Waals surface area contributed by atoms with E-state index >= 15 is 13.2 Å². The van der Waals surface area contributed by atoms with Crippen molar-refractivity contribution in [2.45, 2.75) is 122 Å². The third-order valence-corrected chi connectivity index (χ3v) is 11.4. The van der Waals surface area contributed by atoms with Gasteiger partial charge in [-0.2, -0.15) is 0 Å². The van der Waals surface area contributed by atoms with Gasteiger partial charge < -0.3 is 0 Å². The molecule has 6 rings (SSSR count). The molecule has 0 radical (unpaired) electrons. The zero-order chi connectivity index (χ0) is 27.1. The van der Waals surface area contributed by atoms with Gasteiger partial charge in [0.15, 0.2) is 11.6 Å². The fraction of sp³-hybridized carbons (Fsp3) is 0.667. The van der Waals surface area contributed by atoms with Crippen molar-refractivity contribution in [1.29, 1.82) is 0 Å². The lowest BCUT2D eigenvalue weighted by atomic mass is 9.68. The molecule has 0 unspecified atom stereocenters. The molecule has 2 aromatic rings. The smallest absolute Gasteiger partial charge is 0.167 e. The van der Waals surface area contributed by atoms with Crippen LogP contribution in [0.3, 0.4) is 0 Å². The van der Waals surface area contributed by atoms with E-state index in [1.165, 1.54) is 64.2 Å². The molecule has 0 amide bonds. The molecule has 0 aliphatic heterocycles. The zero-order valence-corrected chi connectivity index (χ0v) is 24.1. The van der Waals surface area contributed by atoms with Crippen LogP contribution >= 0.6 is 0 Å². The number of hydrogen-bond acceptors (Lipinski definition) is 0. The van der Waals surface area contributed by atoms with Crippen molar-refractivity contribution in [2.75, 3.05) is 0 Å². The van der Waals surface area contributed by atoms with Crippen LogP contribution in [0.4, 0.5) is 13.2 Å². The summed E-state index contributed by atoms with van der Waals surface area (Å²) in [7, 11) is 0. The van der Waals surface area contributed by atoms with Crippen molar-refractivity contribution < 1.29 is 13.2 Å². The lowest BCUT2D eigenvalue weighted by Gasteiger charge is -2.38. The summed E-state index contributed by atoms with van der Waals surface area (Å²) in [6, 6.07) is 5.71. The van der Waals surface area contributed by atoms with Crippen LogP contribution < -0.4 is 0 Å². The molecule has 4 aliphatic carbocycles. The maximum atomic E-state index is 15.6. The molecule has 0 spiro atoms. The molecule has 0 N–H and O–H groups in total. The van der Waals surface area contributed by atoms with E-state index in [1.54, 1.807) is 0 Å². The molecule has 3 fully saturated rings. The van der Waals surface area contributed by atoms with Crippen LogP contribution in [0, 0.1) is 47.0 Å². The Labute approximate surface area is 234 Å². The molecule has 3 saturated carbocycles. The predicted octanol–water partition coefficient (Wildman–Crippen LogP) is 11.4. The minimum absolute atomic E-state index is 0.0733. The van der Waals surface area contributed by atoms with E-state index in [0.717, 1.165) is 61.3 Å². The van der Waals surface area contributed by atoms with Gasteiger partial charge in [0, 0.05) is 11.1 Å². The first kappa shape index (κ1) is 27.4. The predicted molar refractivity (Wildman–Crippen MR) is 155 cm³/mol. The Hall–Kier alpha value is -1.77. The van der Waals surface area contributed by atoms with Gasteiger partial charge in [-0.15, -0.1) is 0 Å². The highest BCUT2D eigenvalue weighted by molar-refractivity contribution is 6.03. The molecule has 0 saturated heterocycles. The minimum atomic E-state index is -0.830. The Kier molecular flexibility index (Phi) is 8.16. The number of hydrogen-bond donors (Lipinski definition) is 0. The maximum absolute atomic E-state index is 15.6. The third kappa shape index (κ3) is 5.33. The largest absolute Gasteiger partial charge is 0.206 e. The summed E-state index contributed by atoms with van der Waals surface area (Å²) in [4.78, 5) is 0. The summed E-state index contributed by atoms with van der Waals surface area (Å²) in [5, 5.41) is 0. The molecule has 2 aromatic carbocycles. The molecule has 39 heavy (non-hydrogen) atoms. The number of rotatable bonds is 7. The summed E-state index contributed by atoms with van der Waals surface area (Å²) in [5.74, 6) is 2.13. The molecule has 4 aliphatic rings. The van der Waals surface area contributed by atoms with Crippen LogP contribution in [0.1, 0.15) is 127 Å². The maximum Gasteiger partial charge on any atom is 0.167 e. The first-order valence-corrected chi connectivity index (χ1v) is 16.3. The first-order valence-electron chi connectivity index (χ1n) is 16.3. The molecule has 0 aromatic heterocycles. The van der Waals surface area contributed by atoms with Gasteiger partial charge in [-0.25, -0.2) is 13.2 Å². The topological polar surface area (TPSA) is 0 Å². The number of aryl methyl sites for hydroxylation is 1. The highest BCUT2D eigenvalue weighted by Crippen LogP contribution is 2.54. The van der Waals surface area contributed by atoms with Crippen LogP contribution in [-0.2, 0) is 6.42 Å². The van der Waals surface area contributed by atoms with Gasteiger partial charge in [0.1, 0.15) is 5.82 Å². The summed E-state index contributed by atoms with van der Waals surface area (Å²) >= 11 is 0. The minimum Gasteiger partial charge on any atom is -0.206 e. The van der Waals surface area contributed by atoms with E-state index in [0.29, 0.717) is 34.6 Å². The second kappa shape index (κ2) is 11.6. The van der Waals surface area contributed by atoms with Gasteiger partial charge in [-0.05, 0) is 115 Å². The normalized spacial score (nSPS) is 30.4. The fourth-order valence-electron chi connectivity index (χ4n) is 8.85. The molecular weight excluding hydrogens is 489 g/mol. The molecule has 0 bridgehead atoms. The van der Waals surface area contributed by atoms with Crippen LogP contribution in [0.25, 0.3) is 22.3 Å². The van der Waals surface area contributed by atoms with Crippen LogP contribution in [0.5, 0.6) is 0 Å². The molecule has 3 heteroatoms. The van der Waals surface area contributed by atoms with E-state index in [1.807, 2.05) is 18.2 Å². The Morgan fingerprint density at radius 2 is 1.23 bits per heavy atom. The summed E-state index contributed by atoms with van der Waals surface area (Å²) < 4.78 is 46.6. The molecule has 212 valence electrons. The second-order valence-electron chi connectivity index (χ2n) is 13.8. The SMILES string of the molecule is CCCC1CCC(CCc2ccc3c(c2F)-c2c-3cc(C3CCC(C4CCC(C)CC4)CC3)c(F)c2F)CC1. The van der Waals surface area contributed by atoms with Crippen LogP contribution in [0.2, 0.25) is 0 Å². The highest BCUT2D eigenvalue weighted by atomic mass is 19.2. The summed E-state index contributed by atoms with van der Waals surface area (Å²) in [5.41, 5.74) is 3.15. The average Bonchev–Trinajstić information content (AvgIpc) is 2.94. The molecular formula is C36H47F3. The van der Waals surface area contributed by atoms with Gasteiger partial charge in [0.05, 0.1) is 0 Å². The van der Waals surface area contributed by atoms with E-state index in [2.05, 4.69) is 13.8 Å². The summed E-state index contributed by atoms with van der Waals surface area (Å²) in [6.45, 7) is 4.62. The molecule has 0 heterocycles. The van der Waals surface area contributed by atoms with Crippen molar-refractivity contribution >= 4 is 0 Å². The van der Waals surface area contributed by atoms with E-state index in [4.69, 9.17) is 0 Å². The van der Waals surface area contributed by atoms with E-state index in [-0.39, 0.29) is 17.3 Å². The number of halogens is 3. The third-order valence-electron chi connectivity index (χ3n) is 11.4. The van der Waals surface area contributed by atoms with Gasteiger partial charge in [0.25, 0.3) is 0 Å².